The molecule has 6 heteroatoms. The standard InChI is InChI=1S/C16H22FNO4/c1-6-16(20)11-8-13(21-5)12(17)7-10(11)9-18(16)14(19)22-15(2,3)4/h7-8,20H,6,9H2,1-5H3. The monoisotopic (exact) mass is 311 g/mol. The van der Waals surface area contributed by atoms with Crippen LogP contribution < -0.4 is 4.74 Å². The van der Waals surface area contributed by atoms with Crippen molar-refractivity contribution < 1.29 is 23.8 Å². The van der Waals surface area contributed by atoms with E-state index in [1.54, 1.807) is 27.7 Å². The van der Waals surface area contributed by atoms with Crippen molar-refractivity contribution in [2.45, 2.75) is 52.0 Å². The zero-order chi connectivity index (χ0) is 16.7. The van der Waals surface area contributed by atoms with Crippen LogP contribution in [0.3, 0.4) is 0 Å². The summed E-state index contributed by atoms with van der Waals surface area (Å²) in [5.74, 6) is -0.484. The molecule has 1 aliphatic heterocycles. The molecule has 5 nitrogen and oxygen atoms in total. The van der Waals surface area contributed by atoms with Crippen LogP contribution in [-0.4, -0.2) is 28.8 Å². The second-order valence-electron chi connectivity index (χ2n) is 6.38. The Balaban J connectivity index is 2.43. The second-order valence-corrected chi connectivity index (χ2v) is 6.38. The van der Waals surface area contributed by atoms with E-state index < -0.39 is 23.2 Å². The van der Waals surface area contributed by atoms with Crippen LogP contribution >= 0.6 is 0 Å². The van der Waals surface area contributed by atoms with Crippen LogP contribution in [0.2, 0.25) is 0 Å². The highest BCUT2D eigenvalue weighted by molar-refractivity contribution is 5.71. The Labute approximate surface area is 129 Å². The zero-order valence-corrected chi connectivity index (χ0v) is 13.6. The molecule has 0 saturated carbocycles. The van der Waals surface area contributed by atoms with Crippen LogP contribution in [0.15, 0.2) is 12.1 Å². The Morgan fingerprint density at radius 1 is 1.45 bits per heavy atom. The first-order valence-electron chi connectivity index (χ1n) is 7.22. The molecule has 0 aromatic heterocycles. The summed E-state index contributed by atoms with van der Waals surface area (Å²) in [4.78, 5) is 13.6. The lowest BCUT2D eigenvalue weighted by Crippen LogP contribution is -2.46. The number of benzene rings is 1. The molecular formula is C16H22FNO4. The Hall–Kier alpha value is -1.82. The fourth-order valence-corrected chi connectivity index (χ4v) is 2.61. The number of rotatable bonds is 2. The van der Waals surface area contributed by atoms with Crippen LogP contribution in [0.1, 0.15) is 45.2 Å². The van der Waals surface area contributed by atoms with Gasteiger partial charge in [0.15, 0.2) is 17.3 Å². The maximum atomic E-state index is 13.9. The van der Waals surface area contributed by atoms with E-state index in [0.29, 0.717) is 11.1 Å². The van der Waals surface area contributed by atoms with Gasteiger partial charge < -0.3 is 14.6 Å². The van der Waals surface area contributed by atoms with E-state index in [-0.39, 0.29) is 18.7 Å². The normalized spacial score (nSPS) is 20.8. The van der Waals surface area contributed by atoms with E-state index in [1.807, 2.05) is 0 Å². The first-order valence-corrected chi connectivity index (χ1v) is 7.22. The van der Waals surface area contributed by atoms with Gasteiger partial charge in [-0.2, -0.15) is 0 Å². The van der Waals surface area contributed by atoms with Crippen molar-refractivity contribution in [1.82, 2.24) is 4.90 Å². The van der Waals surface area contributed by atoms with Gasteiger partial charge in [-0.1, -0.05) is 6.92 Å². The van der Waals surface area contributed by atoms with Gasteiger partial charge in [-0.15, -0.1) is 0 Å². The average molecular weight is 311 g/mol. The fourth-order valence-electron chi connectivity index (χ4n) is 2.61. The van der Waals surface area contributed by atoms with Crippen LogP contribution in [0, 0.1) is 5.82 Å². The number of carbonyl (C=O) groups is 1. The number of carbonyl (C=O) groups excluding carboxylic acids is 1. The second kappa shape index (κ2) is 5.43. The van der Waals surface area contributed by atoms with Gasteiger partial charge in [0.05, 0.1) is 13.7 Å². The number of amides is 1. The van der Waals surface area contributed by atoms with Gasteiger partial charge >= 0.3 is 6.09 Å². The molecule has 0 aliphatic carbocycles. The molecule has 1 heterocycles. The fraction of sp³-hybridized carbons (Fsp3) is 0.562. The van der Waals surface area contributed by atoms with Gasteiger partial charge in [-0.05, 0) is 44.9 Å². The van der Waals surface area contributed by atoms with Gasteiger partial charge in [-0.25, -0.2) is 9.18 Å². The van der Waals surface area contributed by atoms with Gasteiger partial charge in [0, 0.05) is 5.56 Å². The van der Waals surface area contributed by atoms with Gasteiger partial charge in [-0.3, -0.25) is 4.90 Å². The van der Waals surface area contributed by atoms with E-state index in [0.717, 1.165) is 0 Å². The molecule has 2 rings (SSSR count). The highest BCUT2D eigenvalue weighted by Crippen LogP contribution is 2.42. The van der Waals surface area contributed by atoms with Crippen molar-refractivity contribution in [3.63, 3.8) is 0 Å². The van der Waals surface area contributed by atoms with Crippen molar-refractivity contribution in [2.24, 2.45) is 0 Å². The molecule has 0 fully saturated rings. The molecule has 0 radical (unpaired) electrons. The van der Waals surface area contributed by atoms with Crippen LogP contribution in [0.5, 0.6) is 5.75 Å². The minimum atomic E-state index is -1.53. The largest absolute Gasteiger partial charge is 0.494 e. The van der Waals surface area contributed by atoms with Gasteiger partial charge in [0.2, 0.25) is 0 Å². The summed E-state index contributed by atoms with van der Waals surface area (Å²) in [5, 5.41) is 10.9. The molecule has 0 spiro atoms. The van der Waals surface area contributed by atoms with Crippen molar-refractivity contribution in [2.75, 3.05) is 7.11 Å². The van der Waals surface area contributed by atoms with E-state index in [1.165, 1.54) is 24.1 Å². The third-order valence-electron chi connectivity index (χ3n) is 3.69. The third-order valence-corrected chi connectivity index (χ3v) is 3.69. The summed E-state index contributed by atoms with van der Waals surface area (Å²) >= 11 is 0. The highest BCUT2D eigenvalue weighted by atomic mass is 19.1. The molecule has 22 heavy (non-hydrogen) atoms. The quantitative estimate of drug-likeness (QED) is 0.911. The molecule has 1 aromatic rings. The molecule has 0 bridgehead atoms. The summed E-state index contributed by atoms with van der Waals surface area (Å²) in [6, 6.07) is 2.73. The Morgan fingerprint density at radius 2 is 2.09 bits per heavy atom. The first kappa shape index (κ1) is 16.5. The summed E-state index contributed by atoms with van der Waals surface area (Å²) in [6.07, 6.45) is -0.374. The molecule has 0 saturated heterocycles. The smallest absolute Gasteiger partial charge is 0.413 e. The lowest BCUT2D eigenvalue weighted by Gasteiger charge is -2.34. The molecule has 1 aromatic carbocycles. The van der Waals surface area contributed by atoms with Crippen LogP contribution in [-0.2, 0) is 17.0 Å². The number of aliphatic hydroxyl groups is 1. The maximum Gasteiger partial charge on any atom is 0.413 e. The Kier molecular flexibility index (Phi) is 4.08. The predicted molar refractivity (Wildman–Crippen MR) is 78.9 cm³/mol. The van der Waals surface area contributed by atoms with Crippen molar-refractivity contribution in [3.8, 4) is 5.75 Å². The topological polar surface area (TPSA) is 59.0 Å². The zero-order valence-electron chi connectivity index (χ0n) is 13.6. The Bertz CT molecular complexity index is 597. The van der Waals surface area contributed by atoms with E-state index in [2.05, 4.69) is 0 Å². The number of methoxy groups -OCH3 is 1. The van der Waals surface area contributed by atoms with Crippen molar-refractivity contribution in [1.29, 1.82) is 0 Å². The molecule has 1 N–H and O–H groups in total. The van der Waals surface area contributed by atoms with E-state index >= 15 is 0 Å². The summed E-state index contributed by atoms with van der Waals surface area (Å²) < 4.78 is 24.2. The van der Waals surface area contributed by atoms with Crippen LogP contribution in [0.4, 0.5) is 9.18 Å². The average Bonchev–Trinajstić information content (AvgIpc) is 2.69. The maximum absolute atomic E-state index is 13.9. The number of hydrogen-bond acceptors (Lipinski definition) is 4. The summed E-state index contributed by atoms with van der Waals surface area (Å²) in [5.41, 5.74) is -1.19. The minimum absolute atomic E-state index is 0.0386. The highest BCUT2D eigenvalue weighted by Gasteiger charge is 2.47. The van der Waals surface area contributed by atoms with Crippen molar-refractivity contribution >= 4 is 6.09 Å². The third kappa shape index (κ3) is 2.75. The van der Waals surface area contributed by atoms with Crippen LogP contribution in [0.25, 0.3) is 0 Å². The van der Waals surface area contributed by atoms with E-state index in [4.69, 9.17) is 9.47 Å². The lowest BCUT2D eigenvalue weighted by atomic mass is 9.98. The lowest BCUT2D eigenvalue weighted by molar-refractivity contribution is -0.107. The number of ether oxygens (including phenoxy) is 2. The summed E-state index contributed by atoms with van der Waals surface area (Å²) in [7, 11) is 1.36. The minimum Gasteiger partial charge on any atom is -0.494 e. The molecule has 122 valence electrons. The predicted octanol–water partition coefficient (Wildman–Crippen LogP) is 3.14. The van der Waals surface area contributed by atoms with E-state index in [9.17, 15) is 14.3 Å². The first-order chi connectivity index (χ1) is 10.1. The van der Waals surface area contributed by atoms with Gasteiger partial charge in [0.1, 0.15) is 5.60 Å². The van der Waals surface area contributed by atoms with Crippen molar-refractivity contribution in [3.05, 3.63) is 29.1 Å². The molecule has 1 unspecified atom stereocenters. The number of nitrogens with zero attached hydrogens (tertiary/aromatic N) is 1. The Morgan fingerprint density at radius 3 is 2.59 bits per heavy atom. The number of fused-ring (bicyclic) bond motifs is 1. The SMILES string of the molecule is CCC1(O)c2cc(OC)c(F)cc2CN1C(=O)OC(C)(C)C. The number of halogens is 1. The molecule has 1 aliphatic rings. The summed E-state index contributed by atoms with van der Waals surface area (Å²) in [6.45, 7) is 7.10. The molecule has 1 atom stereocenters. The molecular weight excluding hydrogens is 289 g/mol. The molecule has 1 amide bonds. The number of hydrogen-bond donors (Lipinski definition) is 1. The van der Waals surface area contributed by atoms with Gasteiger partial charge in [0.25, 0.3) is 0 Å².